The number of benzene rings is 1. The normalized spacial score (nSPS) is 26.0. The van der Waals surface area contributed by atoms with Crippen LogP contribution in [0.15, 0.2) is 18.2 Å². The molecule has 1 aromatic carbocycles. The maximum Gasteiger partial charge on any atom is 0.161 e. The van der Waals surface area contributed by atoms with E-state index in [2.05, 4.69) is 30.4 Å². The number of ether oxygens (including phenoxy) is 2. The molecule has 2 atom stereocenters. The van der Waals surface area contributed by atoms with Crippen LogP contribution in [0, 0.1) is 0 Å². The summed E-state index contributed by atoms with van der Waals surface area (Å²) >= 11 is 0. The van der Waals surface area contributed by atoms with Crippen LogP contribution in [0.1, 0.15) is 56.9 Å². The lowest BCUT2D eigenvalue weighted by Gasteiger charge is -2.22. The Kier molecular flexibility index (Phi) is 5.02. The van der Waals surface area contributed by atoms with Crippen molar-refractivity contribution in [3.63, 3.8) is 0 Å². The van der Waals surface area contributed by atoms with Crippen LogP contribution in [-0.2, 0) is 0 Å². The van der Waals surface area contributed by atoms with Gasteiger partial charge in [-0.3, -0.25) is 0 Å². The second kappa shape index (κ2) is 7.17. The van der Waals surface area contributed by atoms with Crippen molar-refractivity contribution in [3.05, 3.63) is 23.8 Å². The van der Waals surface area contributed by atoms with Crippen LogP contribution < -0.4 is 14.8 Å². The summed E-state index contributed by atoms with van der Waals surface area (Å²) in [5.74, 6) is 2.50. The number of hydrogen-bond donors (Lipinski definition) is 1. The second-order valence-electron chi connectivity index (χ2n) is 6.23. The summed E-state index contributed by atoms with van der Waals surface area (Å²) in [6.45, 7) is 4.80. The third-order valence-corrected chi connectivity index (χ3v) is 4.66. The average Bonchev–Trinajstić information content (AvgIpc) is 2.87. The molecule has 1 aliphatic heterocycles. The van der Waals surface area contributed by atoms with Gasteiger partial charge >= 0.3 is 0 Å². The highest BCUT2D eigenvalue weighted by atomic mass is 16.5. The van der Waals surface area contributed by atoms with E-state index in [4.69, 9.17) is 9.47 Å². The van der Waals surface area contributed by atoms with Crippen molar-refractivity contribution in [3.8, 4) is 11.5 Å². The van der Waals surface area contributed by atoms with E-state index in [9.17, 15) is 0 Å². The highest BCUT2D eigenvalue weighted by molar-refractivity contribution is 5.44. The van der Waals surface area contributed by atoms with Crippen LogP contribution in [0.3, 0.4) is 0 Å². The maximum atomic E-state index is 5.84. The van der Waals surface area contributed by atoms with Crippen molar-refractivity contribution in [2.75, 3.05) is 19.8 Å². The molecule has 3 nitrogen and oxygen atoms in total. The molecule has 0 bridgehead atoms. The number of fused-ring (bicyclic) bond motifs is 1. The summed E-state index contributed by atoms with van der Waals surface area (Å²) in [5, 5.41) is 3.64. The first-order valence-corrected chi connectivity index (χ1v) is 8.49. The Morgan fingerprint density at radius 1 is 1.05 bits per heavy atom. The van der Waals surface area contributed by atoms with E-state index in [-0.39, 0.29) is 0 Å². The Morgan fingerprint density at radius 3 is 2.71 bits per heavy atom. The predicted molar refractivity (Wildman–Crippen MR) is 85.3 cm³/mol. The van der Waals surface area contributed by atoms with Gasteiger partial charge in [0.1, 0.15) is 0 Å². The molecule has 1 fully saturated rings. The minimum absolute atomic E-state index is 0.647. The Bertz CT molecular complexity index is 461. The molecule has 0 radical (unpaired) electrons. The minimum Gasteiger partial charge on any atom is -0.490 e. The third-order valence-electron chi connectivity index (χ3n) is 4.66. The van der Waals surface area contributed by atoms with Crippen LogP contribution in [0.4, 0.5) is 0 Å². The minimum atomic E-state index is 0.647. The molecule has 2 aliphatic rings. The fraction of sp³-hybridized carbons (Fsp3) is 0.667. The molecule has 0 spiro atoms. The van der Waals surface area contributed by atoms with Crippen molar-refractivity contribution >= 4 is 0 Å². The molecule has 2 unspecified atom stereocenters. The zero-order chi connectivity index (χ0) is 14.5. The lowest BCUT2D eigenvalue weighted by atomic mass is 9.90. The number of rotatable bonds is 3. The van der Waals surface area contributed by atoms with Crippen molar-refractivity contribution < 1.29 is 9.47 Å². The van der Waals surface area contributed by atoms with Crippen molar-refractivity contribution in [1.29, 1.82) is 0 Å². The fourth-order valence-electron chi connectivity index (χ4n) is 3.57. The molecule has 3 heteroatoms. The molecule has 1 N–H and O–H groups in total. The monoisotopic (exact) mass is 289 g/mol. The van der Waals surface area contributed by atoms with E-state index in [0.29, 0.717) is 12.0 Å². The average molecular weight is 289 g/mol. The zero-order valence-electron chi connectivity index (χ0n) is 13.1. The molecule has 116 valence electrons. The molecule has 1 aliphatic carbocycles. The van der Waals surface area contributed by atoms with Gasteiger partial charge in [0.15, 0.2) is 11.5 Å². The second-order valence-corrected chi connectivity index (χ2v) is 6.23. The first kappa shape index (κ1) is 14.7. The van der Waals surface area contributed by atoms with Gasteiger partial charge in [-0.25, -0.2) is 0 Å². The first-order chi connectivity index (χ1) is 10.4. The van der Waals surface area contributed by atoms with Gasteiger partial charge in [-0.1, -0.05) is 25.8 Å². The Balaban J connectivity index is 1.77. The van der Waals surface area contributed by atoms with E-state index in [1.54, 1.807) is 0 Å². The van der Waals surface area contributed by atoms with Gasteiger partial charge in [-0.2, -0.15) is 0 Å². The topological polar surface area (TPSA) is 30.5 Å². The molecule has 3 rings (SSSR count). The van der Waals surface area contributed by atoms with Gasteiger partial charge in [0, 0.05) is 12.5 Å². The van der Waals surface area contributed by atoms with Gasteiger partial charge in [-0.15, -0.1) is 0 Å². The van der Waals surface area contributed by atoms with Gasteiger partial charge < -0.3 is 14.8 Å². The Hall–Kier alpha value is -1.22. The van der Waals surface area contributed by atoms with Crippen LogP contribution in [0.5, 0.6) is 11.5 Å². The Labute approximate surface area is 128 Å². The summed E-state index contributed by atoms with van der Waals surface area (Å²) in [6, 6.07) is 7.23. The van der Waals surface area contributed by atoms with Crippen molar-refractivity contribution in [2.24, 2.45) is 0 Å². The van der Waals surface area contributed by atoms with Gasteiger partial charge in [-0.05, 0) is 49.4 Å². The van der Waals surface area contributed by atoms with E-state index in [1.165, 1.54) is 37.7 Å². The van der Waals surface area contributed by atoms with Gasteiger partial charge in [0.25, 0.3) is 0 Å². The fourth-order valence-corrected chi connectivity index (χ4v) is 3.57. The molecular formula is C18H27NO2. The largest absolute Gasteiger partial charge is 0.490 e. The van der Waals surface area contributed by atoms with Crippen molar-refractivity contribution in [1.82, 2.24) is 5.32 Å². The summed E-state index contributed by atoms with van der Waals surface area (Å²) in [7, 11) is 0. The summed E-state index contributed by atoms with van der Waals surface area (Å²) in [6.07, 6.45) is 7.50. The molecule has 0 aromatic heterocycles. The predicted octanol–water partition coefficient (Wildman–Crippen LogP) is 3.87. The Morgan fingerprint density at radius 2 is 1.86 bits per heavy atom. The van der Waals surface area contributed by atoms with E-state index in [1.807, 2.05) is 0 Å². The molecule has 1 heterocycles. The highest BCUT2D eigenvalue weighted by Gasteiger charge is 2.22. The van der Waals surface area contributed by atoms with Crippen LogP contribution in [0.2, 0.25) is 0 Å². The molecule has 21 heavy (non-hydrogen) atoms. The summed E-state index contributed by atoms with van der Waals surface area (Å²) < 4.78 is 11.6. The molecular weight excluding hydrogens is 262 g/mol. The lowest BCUT2D eigenvalue weighted by Crippen LogP contribution is -2.29. The maximum absolute atomic E-state index is 5.84. The summed E-state index contributed by atoms with van der Waals surface area (Å²) in [4.78, 5) is 0. The molecule has 0 saturated heterocycles. The van der Waals surface area contributed by atoms with Crippen molar-refractivity contribution in [2.45, 2.75) is 57.4 Å². The van der Waals surface area contributed by atoms with Gasteiger partial charge in [0.05, 0.1) is 13.2 Å². The number of hydrogen-bond acceptors (Lipinski definition) is 3. The highest BCUT2D eigenvalue weighted by Crippen LogP contribution is 2.37. The van der Waals surface area contributed by atoms with Gasteiger partial charge in [0.2, 0.25) is 0 Å². The smallest absolute Gasteiger partial charge is 0.161 e. The third kappa shape index (κ3) is 3.70. The van der Waals surface area contributed by atoms with E-state index in [0.717, 1.165) is 37.7 Å². The van der Waals surface area contributed by atoms with E-state index >= 15 is 0 Å². The SMILES string of the molecule is CCNC1CCCCC(c2ccc3c(c2)OCCCO3)C1. The van der Waals surface area contributed by atoms with Crippen LogP contribution >= 0.6 is 0 Å². The molecule has 0 amide bonds. The zero-order valence-corrected chi connectivity index (χ0v) is 13.1. The van der Waals surface area contributed by atoms with E-state index < -0.39 is 0 Å². The number of nitrogens with one attached hydrogen (secondary N) is 1. The molecule has 1 aromatic rings. The lowest BCUT2D eigenvalue weighted by molar-refractivity contribution is 0.297. The quantitative estimate of drug-likeness (QED) is 0.857. The van der Waals surface area contributed by atoms with Crippen LogP contribution in [0.25, 0.3) is 0 Å². The summed E-state index contributed by atoms with van der Waals surface area (Å²) in [5.41, 5.74) is 1.42. The first-order valence-electron chi connectivity index (χ1n) is 8.49. The van der Waals surface area contributed by atoms with Crippen LogP contribution in [-0.4, -0.2) is 25.8 Å². The standard InChI is InChI=1S/C18H27NO2/c1-2-19-16-7-4-3-6-14(12-16)15-8-9-17-18(13-15)21-11-5-10-20-17/h8-9,13-14,16,19H,2-7,10-12H2,1H3. The molecule has 1 saturated carbocycles.